The molecule has 0 atom stereocenters. The molecular weight excluding hydrogens is 254 g/mol. The van der Waals surface area contributed by atoms with Gasteiger partial charge in [0.25, 0.3) is 0 Å². The molecule has 0 aliphatic rings. The lowest BCUT2D eigenvalue weighted by Gasteiger charge is -2.18. The van der Waals surface area contributed by atoms with Crippen LogP contribution in [0.3, 0.4) is 0 Å². The van der Waals surface area contributed by atoms with Gasteiger partial charge in [0.2, 0.25) is 5.91 Å². The standard InChI is InChI=1S/C16H27NO3/c1-3-4-5-6-7-8-13-9-10-15(18)14(11-13)12-17-16(2,19)20/h9-11,17-20H,3-8,12H2,1-2H3. The third-order valence-corrected chi connectivity index (χ3v) is 3.33. The average molecular weight is 281 g/mol. The molecule has 0 radical (unpaired) electrons. The summed E-state index contributed by atoms with van der Waals surface area (Å²) >= 11 is 0. The van der Waals surface area contributed by atoms with E-state index in [1.807, 2.05) is 12.1 Å². The topological polar surface area (TPSA) is 72.7 Å². The number of phenols is 1. The zero-order valence-electron chi connectivity index (χ0n) is 12.5. The van der Waals surface area contributed by atoms with Crippen LogP contribution in [0.1, 0.15) is 57.1 Å². The van der Waals surface area contributed by atoms with Crippen LogP contribution in [0.4, 0.5) is 0 Å². The summed E-state index contributed by atoms with van der Waals surface area (Å²) in [5.41, 5.74) is 1.86. The highest BCUT2D eigenvalue weighted by Crippen LogP contribution is 2.20. The SMILES string of the molecule is CCCCCCCc1ccc(O)c(CNC(C)(O)O)c1. The second-order valence-corrected chi connectivity index (χ2v) is 5.50. The fourth-order valence-corrected chi connectivity index (χ4v) is 2.13. The number of hydrogen-bond donors (Lipinski definition) is 4. The highest BCUT2D eigenvalue weighted by atomic mass is 16.5. The van der Waals surface area contributed by atoms with E-state index in [-0.39, 0.29) is 12.3 Å². The first kappa shape index (κ1) is 17.0. The third kappa shape index (κ3) is 6.89. The summed E-state index contributed by atoms with van der Waals surface area (Å²) in [6.07, 6.45) is 7.18. The van der Waals surface area contributed by atoms with E-state index in [0.29, 0.717) is 5.56 Å². The minimum Gasteiger partial charge on any atom is -0.508 e. The third-order valence-electron chi connectivity index (χ3n) is 3.33. The lowest BCUT2D eigenvalue weighted by molar-refractivity contribution is -0.170. The van der Waals surface area contributed by atoms with Crippen LogP contribution >= 0.6 is 0 Å². The highest BCUT2D eigenvalue weighted by Gasteiger charge is 2.14. The number of aromatic hydroxyl groups is 1. The molecule has 114 valence electrons. The molecule has 0 aromatic heterocycles. The van der Waals surface area contributed by atoms with Crippen LogP contribution in [0.25, 0.3) is 0 Å². The molecule has 0 unspecified atom stereocenters. The van der Waals surface area contributed by atoms with Crippen LogP contribution in [0, 0.1) is 0 Å². The maximum atomic E-state index is 9.77. The molecule has 0 heterocycles. The number of aliphatic hydroxyl groups is 2. The zero-order valence-corrected chi connectivity index (χ0v) is 12.5. The van der Waals surface area contributed by atoms with Gasteiger partial charge in [0.1, 0.15) is 5.75 Å². The number of phenolic OH excluding ortho intramolecular Hbond substituents is 1. The summed E-state index contributed by atoms with van der Waals surface area (Å²) in [5, 5.41) is 30.8. The number of hydrogen-bond acceptors (Lipinski definition) is 4. The second kappa shape index (κ2) is 8.25. The minimum atomic E-state index is -1.93. The lowest BCUT2D eigenvalue weighted by atomic mass is 10.0. The fourth-order valence-electron chi connectivity index (χ4n) is 2.13. The Balaban J connectivity index is 2.48. The van der Waals surface area contributed by atoms with Gasteiger partial charge >= 0.3 is 0 Å². The predicted octanol–water partition coefficient (Wildman–Crippen LogP) is 2.65. The minimum absolute atomic E-state index is 0.177. The summed E-state index contributed by atoms with van der Waals surface area (Å²) in [7, 11) is 0. The molecule has 1 aromatic rings. The molecule has 0 aliphatic heterocycles. The number of aryl methyl sites for hydroxylation is 1. The van der Waals surface area contributed by atoms with Crippen LogP contribution in [0.5, 0.6) is 5.75 Å². The molecule has 0 saturated carbocycles. The van der Waals surface area contributed by atoms with Crippen LogP contribution in [-0.2, 0) is 13.0 Å². The number of rotatable bonds is 9. The smallest absolute Gasteiger partial charge is 0.219 e. The van der Waals surface area contributed by atoms with Gasteiger partial charge in [-0.1, -0.05) is 44.7 Å². The average Bonchev–Trinajstić information content (AvgIpc) is 2.38. The normalized spacial score (nSPS) is 11.8. The molecule has 20 heavy (non-hydrogen) atoms. The van der Waals surface area contributed by atoms with Gasteiger partial charge in [-0.15, -0.1) is 0 Å². The Kier molecular flexibility index (Phi) is 6.99. The Morgan fingerprint density at radius 3 is 2.45 bits per heavy atom. The predicted molar refractivity (Wildman–Crippen MR) is 80.3 cm³/mol. The van der Waals surface area contributed by atoms with E-state index in [1.165, 1.54) is 38.2 Å². The number of benzene rings is 1. The Bertz CT molecular complexity index is 399. The first-order chi connectivity index (χ1) is 9.42. The Hall–Kier alpha value is -1.10. The van der Waals surface area contributed by atoms with Gasteiger partial charge in [-0.2, -0.15) is 0 Å². The molecule has 1 aromatic carbocycles. The molecule has 0 saturated heterocycles. The van der Waals surface area contributed by atoms with Crippen LogP contribution in [0.15, 0.2) is 18.2 Å². The van der Waals surface area contributed by atoms with Crippen molar-refractivity contribution in [3.8, 4) is 5.75 Å². The van der Waals surface area contributed by atoms with Crippen molar-refractivity contribution in [2.75, 3.05) is 0 Å². The first-order valence-electron chi connectivity index (χ1n) is 7.43. The molecule has 0 fully saturated rings. The van der Waals surface area contributed by atoms with Gasteiger partial charge in [-0.05, 0) is 24.5 Å². The van der Waals surface area contributed by atoms with Gasteiger partial charge in [-0.25, -0.2) is 0 Å². The van der Waals surface area contributed by atoms with E-state index >= 15 is 0 Å². The van der Waals surface area contributed by atoms with Crippen molar-refractivity contribution in [3.63, 3.8) is 0 Å². The molecule has 0 spiro atoms. The molecule has 0 amide bonds. The van der Waals surface area contributed by atoms with Crippen LogP contribution in [-0.4, -0.2) is 21.2 Å². The van der Waals surface area contributed by atoms with Crippen LogP contribution in [0.2, 0.25) is 0 Å². The van der Waals surface area contributed by atoms with Gasteiger partial charge in [-0.3, -0.25) is 5.32 Å². The van der Waals surface area contributed by atoms with E-state index in [1.54, 1.807) is 6.07 Å². The van der Waals surface area contributed by atoms with E-state index in [4.69, 9.17) is 0 Å². The fraction of sp³-hybridized carbons (Fsp3) is 0.625. The summed E-state index contributed by atoms with van der Waals surface area (Å²) in [6, 6.07) is 5.52. The van der Waals surface area contributed by atoms with Crippen molar-refractivity contribution in [2.45, 2.75) is 64.8 Å². The van der Waals surface area contributed by atoms with E-state index < -0.39 is 5.91 Å². The van der Waals surface area contributed by atoms with Gasteiger partial charge in [0, 0.05) is 19.0 Å². The maximum Gasteiger partial charge on any atom is 0.219 e. The number of unbranched alkanes of at least 4 members (excludes halogenated alkanes) is 4. The van der Waals surface area contributed by atoms with Crippen molar-refractivity contribution >= 4 is 0 Å². The van der Waals surface area contributed by atoms with E-state index in [0.717, 1.165) is 12.8 Å². The van der Waals surface area contributed by atoms with Crippen molar-refractivity contribution in [1.29, 1.82) is 0 Å². The number of nitrogens with one attached hydrogen (secondary N) is 1. The van der Waals surface area contributed by atoms with Gasteiger partial charge in [0.15, 0.2) is 0 Å². The molecule has 4 heteroatoms. The molecule has 0 bridgehead atoms. The second-order valence-electron chi connectivity index (χ2n) is 5.50. The quantitative estimate of drug-likeness (QED) is 0.415. The summed E-state index contributed by atoms with van der Waals surface area (Å²) in [4.78, 5) is 0. The van der Waals surface area contributed by atoms with Gasteiger partial charge in [0.05, 0.1) is 0 Å². The zero-order chi connectivity index (χ0) is 15.0. The van der Waals surface area contributed by atoms with Crippen molar-refractivity contribution in [2.24, 2.45) is 0 Å². The highest BCUT2D eigenvalue weighted by molar-refractivity contribution is 5.36. The Morgan fingerprint density at radius 1 is 1.10 bits per heavy atom. The largest absolute Gasteiger partial charge is 0.508 e. The summed E-state index contributed by atoms with van der Waals surface area (Å²) < 4.78 is 0. The van der Waals surface area contributed by atoms with Crippen molar-refractivity contribution in [1.82, 2.24) is 5.32 Å². The molecule has 4 nitrogen and oxygen atoms in total. The van der Waals surface area contributed by atoms with Crippen molar-refractivity contribution in [3.05, 3.63) is 29.3 Å². The lowest BCUT2D eigenvalue weighted by Crippen LogP contribution is -2.41. The van der Waals surface area contributed by atoms with Crippen LogP contribution < -0.4 is 5.32 Å². The van der Waals surface area contributed by atoms with Gasteiger partial charge < -0.3 is 15.3 Å². The van der Waals surface area contributed by atoms with Crippen molar-refractivity contribution < 1.29 is 15.3 Å². The summed E-state index contributed by atoms with van der Waals surface area (Å²) in [6.45, 7) is 3.68. The molecule has 0 aliphatic carbocycles. The first-order valence-corrected chi connectivity index (χ1v) is 7.43. The molecular formula is C16H27NO3. The van der Waals surface area contributed by atoms with E-state index in [2.05, 4.69) is 12.2 Å². The maximum absolute atomic E-state index is 9.77. The summed E-state index contributed by atoms with van der Waals surface area (Å²) in [5.74, 6) is -1.75. The Labute approximate surface area is 121 Å². The van der Waals surface area contributed by atoms with E-state index in [9.17, 15) is 15.3 Å². The molecule has 1 rings (SSSR count). The Morgan fingerprint density at radius 2 is 1.80 bits per heavy atom. The monoisotopic (exact) mass is 281 g/mol. The molecule has 4 N–H and O–H groups in total.